The van der Waals surface area contributed by atoms with Crippen molar-refractivity contribution in [3.63, 3.8) is 0 Å². The number of anilines is 2. The summed E-state index contributed by atoms with van der Waals surface area (Å²) >= 11 is 38.7. The number of aliphatic carboxylic acids is 2. The number of benzene rings is 4. The van der Waals surface area contributed by atoms with Crippen LogP contribution < -0.4 is 30.7 Å². The molecule has 6 N–H and O–H groups in total. The molecule has 12 nitrogen and oxygen atoms in total. The maximum Gasteiger partial charge on any atom is 0.322 e. The third kappa shape index (κ3) is 15.0. The normalized spacial score (nSPS) is 10.6. The van der Waals surface area contributed by atoms with Gasteiger partial charge in [0, 0.05) is 44.9 Å². The summed E-state index contributed by atoms with van der Waals surface area (Å²) in [7, 11) is 0. The number of halogens is 8. The Morgan fingerprint density at radius 2 is 1.00 bits per heavy atom. The average Bonchev–Trinajstić information content (AvgIpc) is 3.12. The van der Waals surface area contributed by atoms with E-state index in [1.54, 1.807) is 48.5 Å². The molecule has 0 atom stereocenters. The molecule has 0 radical (unpaired) electrons. The van der Waals surface area contributed by atoms with E-state index in [4.69, 9.17) is 66.1 Å². The van der Waals surface area contributed by atoms with Gasteiger partial charge in [-0.2, -0.15) is 0 Å². The zero-order valence-electron chi connectivity index (χ0n) is 30.1. The largest absolute Gasteiger partial charge is 0.486 e. The standard InChI is InChI=1S/C19H18Br2Cl2N2O4.C18H16Br2Cl2N2O4/c1-9(2)25-15-6-12(22)3-11(17(15)23)8-29-18-13(20)4-10(5-14(18)21)19(28)24-7-16(26)27;1-2-23-14-6-11(21)3-10(16(14)22)8-28-17-12(19)4-9(5-13(17)20)18(27)24-7-15(25)26/h3-6,9,25H,7-8H2,1-2H3,(H,24,28)(H,26,27);3-6,23H,2,7-8H2,1H3,(H,24,27)(H,25,26). The first kappa shape index (κ1) is 48.4. The molecular formula is C37H34Br4Cl4N4O8. The van der Waals surface area contributed by atoms with Gasteiger partial charge in [-0.3, -0.25) is 19.2 Å². The maximum atomic E-state index is 12.1. The van der Waals surface area contributed by atoms with Gasteiger partial charge < -0.3 is 41.0 Å². The van der Waals surface area contributed by atoms with E-state index in [1.807, 2.05) is 20.8 Å². The summed E-state index contributed by atoms with van der Waals surface area (Å²) in [6.07, 6.45) is 0. The molecule has 2 amide bonds. The van der Waals surface area contributed by atoms with E-state index < -0.39 is 36.8 Å². The molecule has 0 aromatic heterocycles. The quantitative estimate of drug-likeness (QED) is 0.0633. The zero-order chi connectivity index (χ0) is 42.6. The lowest BCUT2D eigenvalue weighted by Gasteiger charge is -2.17. The monoisotopic (exact) mass is 1120 g/mol. The number of amides is 2. The summed E-state index contributed by atoms with van der Waals surface area (Å²) in [5.41, 5.74) is 3.40. The van der Waals surface area contributed by atoms with Gasteiger partial charge in [0.1, 0.15) is 37.8 Å². The molecule has 4 aromatic carbocycles. The van der Waals surface area contributed by atoms with Crippen LogP contribution in [-0.2, 0) is 22.8 Å². The molecule has 4 aromatic rings. The second kappa shape index (κ2) is 23.0. The summed E-state index contributed by atoms with van der Waals surface area (Å²) in [5.74, 6) is -2.33. The maximum absolute atomic E-state index is 12.1. The highest BCUT2D eigenvalue weighted by Gasteiger charge is 2.18. The van der Waals surface area contributed by atoms with Gasteiger partial charge in [-0.1, -0.05) is 46.4 Å². The average molecular weight is 1120 g/mol. The van der Waals surface area contributed by atoms with E-state index >= 15 is 0 Å². The summed E-state index contributed by atoms with van der Waals surface area (Å²) in [6.45, 7) is 6.01. The molecule has 0 aliphatic rings. The second-order valence-electron chi connectivity index (χ2n) is 12.0. The molecule has 0 bridgehead atoms. The number of carboxylic acid groups (broad SMARTS) is 2. The zero-order valence-corrected chi connectivity index (χ0v) is 39.5. The van der Waals surface area contributed by atoms with Crippen LogP contribution in [0, 0.1) is 0 Å². The number of carbonyl (C=O) groups is 4. The summed E-state index contributed by atoms with van der Waals surface area (Å²) < 4.78 is 13.8. The Morgan fingerprint density at radius 1 is 0.632 bits per heavy atom. The Balaban J connectivity index is 0.000000306. The van der Waals surface area contributed by atoms with Crippen molar-refractivity contribution in [3.05, 3.63) is 109 Å². The summed E-state index contributed by atoms with van der Waals surface area (Å²) in [6, 6.07) is 13.3. The van der Waals surface area contributed by atoms with Crippen molar-refractivity contribution in [3.8, 4) is 11.5 Å². The Bertz CT molecular complexity index is 2100. The van der Waals surface area contributed by atoms with E-state index in [0.717, 1.165) is 11.4 Å². The number of hydrogen-bond donors (Lipinski definition) is 6. The van der Waals surface area contributed by atoms with Crippen molar-refractivity contribution in [1.82, 2.24) is 10.6 Å². The van der Waals surface area contributed by atoms with Crippen molar-refractivity contribution in [2.24, 2.45) is 0 Å². The SMILES string of the molecule is CC(C)Nc1cc(Cl)cc(COc2c(Br)cc(C(=O)NCC(=O)O)cc2Br)c1Cl.CCNc1cc(Cl)cc(COc2c(Br)cc(C(=O)NCC(=O)O)cc2Br)c1Cl. The van der Waals surface area contributed by atoms with Crippen molar-refractivity contribution in [2.75, 3.05) is 30.3 Å². The van der Waals surface area contributed by atoms with Crippen molar-refractivity contribution < 1.29 is 38.9 Å². The van der Waals surface area contributed by atoms with Gasteiger partial charge >= 0.3 is 11.9 Å². The minimum Gasteiger partial charge on any atom is -0.486 e. The highest BCUT2D eigenvalue weighted by Crippen LogP contribution is 2.39. The minimum atomic E-state index is -1.12. The van der Waals surface area contributed by atoms with Gasteiger partial charge in [-0.05, 0) is 133 Å². The first-order valence-electron chi connectivity index (χ1n) is 16.5. The van der Waals surface area contributed by atoms with Crippen LogP contribution in [0.4, 0.5) is 11.4 Å². The fourth-order valence-corrected chi connectivity index (χ4v) is 8.47. The van der Waals surface area contributed by atoms with Crippen LogP contribution in [0.5, 0.6) is 11.5 Å². The lowest BCUT2D eigenvalue weighted by Crippen LogP contribution is -2.29. The highest BCUT2D eigenvalue weighted by atomic mass is 79.9. The van der Waals surface area contributed by atoms with Crippen molar-refractivity contribution in [2.45, 2.75) is 40.0 Å². The van der Waals surface area contributed by atoms with Gasteiger partial charge in [0.25, 0.3) is 11.8 Å². The first-order valence-corrected chi connectivity index (χ1v) is 21.2. The Kier molecular flexibility index (Phi) is 19.5. The molecule has 20 heteroatoms. The molecule has 0 aliphatic heterocycles. The topological polar surface area (TPSA) is 175 Å². The van der Waals surface area contributed by atoms with Crippen LogP contribution in [0.25, 0.3) is 0 Å². The number of carbonyl (C=O) groups excluding carboxylic acids is 2. The van der Waals surface area contributed by atoms with E-state index in [-0.39, 0.29) is 30.4 Å². The molecule has 0 unspecified atom stereocenters. The molecule has 306 valence electrons. The third-order valence-electron chi connectivity index (χ3n) is 7.10. The van der Waals surface area contributed by atoms with Crippen LogP contribution in [0.2, 0.25) is 20.1 Å². The third-order valence-corrected chi connectivity index (χ3v) is 10.8. The predicted octanol–water partition coefficient (Wildman–Crippen LogP) is 11.1. The van der Waals surface area contributed by atoms with Gasteiger partial charge in [0.2, 0.25) is 0 Å². The van der Waals surface area contributed by atoms with Gasteiger partial charge in [-0.15, -0.1) is 0 Å². The van der Waals surface area contributed by atoms with Gasteiger partial charge in [0.05, 0.1) is 39.3 Å². The van der Waals surface area contributed by atoms with E-state index in [2.05, 4.69) is 85.0 Å². The van der Waals surface area contributed by atoms with Gasteiger partial charge in [0.15, 0.2) is 0 Å². The second-order valence-corrected chi connectivity index (χ2v) is 17.0. The van der Waals surface area contributed by atoms with Crippen molar-refractivity contribution >= 4 is 145 Å². The molecule has 0 spiro atoms. The molecule has 4 rings (SSSR count). The molecule has 57 heavy (non-hydrogen) atoms. The van der Waals surface area contributed by atoms with Crippen LogP contribution in [0.1, 0.15) is 52.6 Å². The smallest absolute Gasteiger partial charge is 0.322 e. The lowest BCUT2D eigenvalue weighted by atomic mass is 10.2. The lowest BCUT2D eigenvalue weighted by molar-refractivity contribution is -0.136. The minimum absolute atomic E-state index is 0.147. The van der Waals surface area contributed by atoms with Crippen LogP contribution in [0.3, 0.4) is 0 Å². The molecular weight excluding hydrogens is 1090 g/mol. The van der Waals surface area contributed by atoms with Crippen molar-refractivity contribution in [1.29, 1.82) is 0 Å². The summed E-state index contributed by atoms with van der Waals surface area (Å²) in [4.78, 5) is 45.3. The molecule has 0 saturated carbocycles. The van der Waals surface area contributed by atoms with Crippen LogP contribution in [0.15, 0.2) is 66.4 Å². The predicted molar refractivity (Wildman–Crippen MR) is 238 cm³/mol. The molecule has 0 heterocycles. The molecule has 0 aliphatic carbocycles. The Labute approximate surface area is 382 Å². The van der Waals surface area contributed by atoms with E-state index in [9.17, 15) is 19.2 Å². The summed E-state index contributed by atoms with van der Waals surface area (Å²) in [5, 5.41) is 30.4. The molecule has 0 saturated heterocycles. The Morgan fingerprint density at radius 3 is 1.35 bits per heavy atom. The number of nitrogens with one attached hydrogen (secondary N) is 4. The first-order chi connectivity index (χ1) is 26.8. The van der Waals surface area contributed by atoms with E-state index in [1.165, 1.54) is 0 Å². The molecule has 0 fully saturated rings. The number of ether oxygens (including phenoxy) is 2. The number of carboxylic acids is 2. The van der Waals surface area contributed by atoms with E-state index in [0.29, 0.717) is 67.2 Å². The highest BCUT2D eigenvalue weighted by molar-refractivity contribution is 9.11. The van der Waals surface area contributed by atoms with Crippen LogP contribution in [-0.4, -0.2) is 59.6 Å². The fraction of sp³-hybridized carbons (Fsp3) is 0.243. The van der Waals surface area contributed by atoms with Crippen LogP contribution >= 0.6 is 110 Å². The number of rotatable bonds is 16. The number of hydrogen-bond acceptors (Lipinski definition) is 8. The Hall–Kier alpha value is -2.96. The van der Waals surface area contributed by atoms with Gasteiger partial charge in [-0.25, -0.2) is 0 Å². The fourth-order valence-electron chi connectivity index (χ4n) is 4.71.